The molecular formula is C23H20ClN7O. The lowest BCUT2D eigenvalue weighted by Gasteiger charge is -2.02. The van der Waals surface area contributed by atoms with E-state index in [-0.39, 0.29) is 5.91 Å². The Morgan fingerprint density at radius 2 is 2.16 bits per heavy atom. The Morgan fingerprint density at radius 1 is 1.25 bits per heavy atom. The number of rotatable bonds is 6. The number of hydrogen-bond acceptors (Lipinski definition) is 4. The van der Waals surface area contributed by atoms with E-state index in [9.17, 15) is 4.79 Å². The highest BCUT2D eigenvalue weighted by atomic mass is 35.5. The Balaban J connectivity index is 1.13. The molecule has 5 aromatic rings. The van der Waals surface area contributed by atoms with Crippen LogP contribution in [0.25, 0.3) is 16.6 Å². The second kappa shape index (κ2) is 7.49. The van der Waals surface area contributed by atoms with Crippen LogP contribution >= 0.6 is 11.6 Å². The number of H-pyrrole nitrogens is 1. The number of amides is 1. The first-order valence-electron chi connectivity index (χ1n) is 10.5. The van der Waals surface area contributed by atoms with Gasteiger partial charge in [-0.15, -0.1) is 0 Å². The average Bonchev–Trinajstić information content (AvgIpc) is 3.21. The third kappa shape index (κ3) is 3.62. The number of nitrogens with one attached hydrogen (secondary N) is 2. The third-order valence-corrected chi connectivity index (χ3v) is 6.04. The summed E-state index contributed by atoms with van der Waals surface area (Å²) >= 11 is 6.08. The Bertz CT molecular complexity index is 1460. The standard InChI is InChI=1S/C23H20ClN7O/c24-17-5-6-30-13-26-20(21(30)8-17)10-25-23(32)16-9-27-31(11-16)12-22-28-18-4-3-15(14-1-2-14)7-19(18)29-22/h3-9,11,13-14H,1-2,10,12H2,(H,25,32)(H,28,29). The van der Waals surface area contributed by atoms with Gasteiger partial charge < -0.3 is 14.7 Å². The molecule has 9 heteroatoms. The maximum absolute atomic E-state index is 12.6. The highest BCUT2D eigenvalue weighted by Crippen LogP contribution is 2.40. The maximum Gasteiger partial charge on any atom is 0.254 e. The summed E-state index contributed by atoms with van der Waals surface area (Å²) in [4.78, 5) is 25.0. The van der Waals surface area contributed by atoms with Crippen LogP contribution in [0.3, 0.4) is 0 Å². The van der Waals surface area contributed by atoms with E-state index < -0.39 is 0 Å². The predicted molar refractivity (Wildman–Crippen MR) is 121 cm³/mol. The minimum absolute atomic E-state index is 0.210. The lowest BCUT2D eigenvalue weighted by molar-refractivity contribution is 0.0950. The van der Waals surface area contributed by atoms with E-state index in [1.165, 1.54) is 18.4 Å². The summed E-state index contributed by atoms with van der Waals surface area (Å²) in [5.74, 6) is 1.30. The number of benzene rings is 1. The number of hydrogen-bond donors (Lipinski definition) is 2. The third-order valence-electron chi connectivity index (χ3n) is 5.81. The van der Waals surface area contributed by atoms with E-state index in [0.29, 0.717) is 29.6 Å². The van der Waals surface area contributed by atoms with Crippen LogP contribution in [0.1, 0.15) is 46.2 Å². The SMILES string of the molecule is O=C(NCc1ncn2ccc(Cl)cc12)c1cnn(Cc2nc3ccc(C4CC4)cc3[nH]2)c1. The van der Waals surface area contributed by atoms with Crippen LogP contribution in [0.15, 0.2) is 55.2 Å². The lowest BCUT2D eigenvalue weighted by Crippen LogP contribution is -2.22. The largest absolute Gasteiger partial charge is 0.346 e. The summed E-state index contributed by atoms with van der Waals surface area (Å²) in [7, 11) is 0. The molecule has 1 aliphatic rings. The number of imidazole rings is 2. The number of nitrogens with zero attached hydrogens (tertiary/aromatic N) is 5. The van der Waals surface area contributed by atoms with Crippen LogP contribution in [-0.2, 0) is 13.1 Å². The van der Waals surface area contributed by atoms with Crippen molar-refractivity contribution in [2.75, 3.05) is 0 Å². The van der Waals surface area contributed by atoms with E-state index in [4.69, 9.17) is 11.6 Å². The number of fused-ring (bicyclic) bond motifs is 2. The summed E-state index contributed by atoms with van der Waals surface area (Å²) in [6.07, 6.45) is 9.37. The van der Waals surface area contributed by atoms with Gasteiger partial charge in [0.1, 0.15) is 5.82 Å². The minimum Gasteiger partial charge on any atom is -0.346 e. The highest BCUT2D eigenvalue weighted by molar-refractivity contribution is 6.30. The normalized spacial score (nSPS) is 13.8. The van der Waals surface area contributed by atoms with Crippen molar-refractivity contribution in [2.24, 2.45) is 0 Å². The first-order chi connectivity index (χ1) is 15.6. The van der Waals surface area contributed by atoms with Crippen LogP contribution in [0.2, 0.25) is 5.02 Å². The first-order valence-corrected chi connectivity index (χ1v) is 10.9. The van der Waals surface area contributed by atoms with Crippen LogP contribution < -0.4 is 5.32 Å². The zero-order chi connectivity index (χ0) is 21.7. The monoisotopic (exact) mass is 445 g/mol. The zero-order valence-corrected chi connectivity index (χ0v) is 17.9. The molecule has 1 aromatic carbocycles. The second-order valence-electron chi connectivity index (χ2n) is 8.17. The van der Waals surface area contributed by atoms with Gasteiger partial charge in [0.2, 0.25) is 0 Å². The van der Waals surface area contributed by atoms with Crippen LogP contribution in [0.5, 0.6) is 0 Å². The minimum atomic E-state index is -0.210. The number of aromatic amines is 1. The van der Waals surface area contributed by atoms with Gasteiger partial charge in [0, 0.05) is 17.4 Å². The summed E-state index contributed by atoms with van der Waals surface area (Å²) in [6, 6.07) is 10.0. The molecule has 0 bridgehead atoms. The summed E-state index contributed by atoms with van der Waals surface area (Å²) in [5.41, 5.74) is 5.46. The molecule has 1 fully saturated rings. The van der Waals surface area contributed by atoms with Gasteiger partial charge in [-0.25, -0.2) is 9.97 Å². The van der Waals surface area contributed by atoms with E-state index >= 15 is 0 Å². The summed E-state index contributed by atoms with van der Waals surface area (Å²) in [5, 5.41) is 7.85. The molecular weight excluding hydrogens is 426 g/mol. The van der Waals surface area contributed by atoms with E-state index in [0.717, 1.165) is 28.1 Å². The number of carbonyl (C=O) groups excluding carboxylic acids is 1. The molecule has 2 N–H and O–H groups in total. The van der Waals surface area contributed by atoms with Gasteiger partial charge >= 0.3 is 0 Å². The van der Waals surface area contributed by atoms with Gasteiger partial charge in [0.05, 0.1) is 53.4 Å². The fourth-order valence-corrected chi connectivity index (χ4v) is 4.12. The van der Waals surface area contributed by atoms with Gasteiger partial charge in [-0.3, -0.25) is 9.48 Å². The van der Waals surface area contributed by atoms with Crippen molar-refractivity contribution < 1.29 is 4.79 Å². The number of halogens is 1. The average molecular weight is 446 g/mol. The fourth-order valence-electron chi connectivity index (χ4n) is 3.96. The van der Waals surface area contributed by atoms with E-state index in [1.807, 2.05) is 16.7 Å². The molecule has 4 aromatic heterocycles. The second-order valence-corrected chi connectivity index (χ2v) is 8.61. The van der Waals surface area contributed by atoms with Gasteiger partial charge in [-0.1, -0.05) is 17.7 Å². The molecule has 4 heterocycles. The van der Waals surface area contributed by atoms with Crippen molar-refractivity contribution in [1.82, 2.24) is 34.4 Å². The van der Waals surface area contributed by atoms with E-state index in [1.54, 1.807) is 29.5 Å². The lowest BCUT2D eigenvalue weighted by atomic mass is 10.1. The molecule has 0 spiro atoms. The number of aromatic nitrogens is 6. The molecule has 1 amide bonds. The van der Waals surface area contributed by atoms with Crippen molar-refractivity contribution in [2.45, 2.75) is 31.8 Å². The molecule has 8 nitrogen and oxygen atoms in total. The van der Waals surface area contributed by atoms with Crippen LogP contribution in [-0.4, -0.2) is 35.0 Å². The smallest absolute Gasteiger partial charge is 0.254 e. The molecule has 0 unspecified atom stereocenters. The highest BCUT2D eigenvalue weighted by Gasteiger charge is 2.23. The van der Waals surface area contributed by atoms with Gasteiger partial charge in [-0.2, -0.15) is 5.10 Å². The number of pyridine rings is 1. The maximum atomic E-state index is 12.6. The van der Waals surface area contributed by atoms with Crippen molar-refractivity contribution >= 4 is 34.1 Å². The molecule has 0 radical (unpaired) electrons. The van der Waals surface area contributed by atoms with Gasteiger partial charge in [-0.05, 0) is 48.6 Å². The van der Waals surface area contributed by atoms with Gasteiger partial charge in [0.25, 0.3) is 5.91 Å². The Hall–Kier alpha value is -3.65. The van der Waals surface area contributed by atoms with Gasteiger partial charge in [0.15, 0.2) is 0 Å². The quantitative estimate of drug-likeness (QED) is 0.414. The van der Waals surface area contributed by atoms with E-state index in [2.05, 4.69) is 43.6 Å². The van der Waals surface area contributed by atoms with Crippen molar-refractivity contribution in [3.05, 3.63) is 82.9 Å². The molecule has 6 rings (SSSR count). The molecule has 1 aliphatic carbocycles. The zero-order valence-electron chi connectivity index (χ0n) is 17.1. The fraction of sp³-hybridized carbons (Fsp3) is 0.217. The first kappa shape index (κ1) is 19.1. The molecule has 0 aliphatic heterocycles. The Labute approximate surface area is 188 Å². The molecule has 0 saturated heterocycles. The van der Waals surface area contributed by atoms with Crippen LogP contribution in [0.4, 0.5) is 0 Å². The molecule has 1 saturated carbocycles. The predicted octanol–water partition coefficient (Wildman–Crippen LogP) is 3.92. The Kier molecular flexibility index (Phi) is 4.46. The Morgan fingerprint density at radius 3 is 3.03 bits per heavy atom. The topological polar surface area (TPSA) is 92.9 Å². The summed E-state index contributed by atoms with van der Waals surface area (Å²) in [6.45, 7) is 0.763. The van der Waals surface area contributed by atoms with Crippen molar-refractivity contribution in [3.8, 4) is 0 Å². The van der Waals surface area contributed by atoms with Crippen molar-refractivity contribution in [3.63, 3.8) is 0 Å². The summed E-state index contributed by atoms with van der Waals surface area (Å²) < 4.78 is 3.58. The molecule has 160 valence electrons. The molecule has 32 heavy (non-hydrogen) atoms. The van der Waals surface area contributed by atoms with Crippen molar-refractivity contribution in [1.29, 1.82) is 0 Å². The number of carbonyl (C=O) groups is 1. The molecule has 0 atom stereocenters. The van der Waals surface area contributed by atoms with Crippen LogP contribution in [0, 0.1) is 0 Å².